The molecule has 4 nitrogen and oxygen atoms in total. The van der Waals surface area contributed by atoms with Gasteiger partial charge in [0.2, 0.25) is 0 Å². The summed E-state index contributed by atoms with van der Waals surface area (Å²) < 4.78 is 43.2. The summed E-state index contributed by atoms with van der Waals surface area (Å²) in [6.45, 7) is 5.42. The van der Waals surface area contributed by atoms with Crippen LogP contribution < -0.4 is 5.32 Å². The van der Waals surface area contributed by atoms with Crippen LogP contribution in [-0.4, -0.2) is 17.5 Å². The van der Waals surface area contributed by atoms with Gasteiger partial charge in [-0.2, -0.15) is 13.2 Å². The molecule has 1 aliphatic carbocycles. The van der Waals surface area contributed by atoms with Gasteiger partial charge in [-0.3, -0.25) is 9.59 Å². The highest BCUT2D eigenvalue weighted by atomic mass is 19.4. The van der Waals surface area contributed by atoms with Crippen molar-refractivity contribution in [1.29, 1.82) is 0 Å². The zero-order chi connectivity index (χ0) is 18.0. The van der Waals surface area contributed by atoms with Crippen LogP contribution >= 0.6 is 0 Å². The van der Waals surface area contributed by atoms with E-state index in [4.69, 9.17) is 4.74 Å². The van der Waals surface area contributed by atoms with Crippen molar-refractivity contribution in [3.05, 3.63) is 29.8 Å². The minimum absolute atomic E-state index is 0.231. The quantitative estimate of drug-likeness (QED) is 0.833. The first kappa shape index (κ1) is 16.8. The van der Waals surface area contributed by atoms with Crippen molar-refractivity contribution in [2.24, 2.45) is 10.8 Å². The van der Waals surface area contributed by atoms with Gasteiger partial charge in [-0.05, 0) is 44.0 Å². The van der Waals surface area contributed by atoms with E-state index in [0.717, 1.165) is 12.1 Å². The molecular formula is C17H18F3NO3. The lowest BCUT2D eigenvalue weighted by Gasteiger charge is -2.35. The first-order chi connectivity index (χ1) is 10.9. The van der Waals surface area contributed by atoms with Crippen LogP contribution in [0, 0.1) is 10.8 Å². The molecule has 1 saturated heterocycles. The predicted octanol–water partition coefficient (Wildman–Crippen LogP) is 3.77. The third-order valence-electron chi connectivity index (χ3n) is 5.92. The lowest BCUT2D eigenvalue weighted by molar-refractivity contribution is -0.165. The lowest BCUT2D eigenvalue weighted by Crippen LogP contribution is -2.50. The van der Waals surface area contributed by atoms with Crippen molar-refractivity contribution in [3.63, 3.8) is 0 Å². The Morgan fingerprint density at radius 2 is 1.71 bits per heavy atom. The zero-order valence-corrected chi connectivity index (χ0v) is 13.6. The van der Waals surface area contributed by atoms with Crippen molar-refractivity contribution in [3.8, 4) is 0 Å². The molecule has 1 amide bonds. The van der Waals surface area contributed by atoms with Crippen LogP contribution in [0.1, 0.15) is 39.2 Å². The Balaban J connectivity index is 1.85. The number of halogens is 3. The maximum Gasteiger partial charge on any atom is 0.416 e. The number of alkyl halides is 3. The molecule has 2 bridgehead atoms. The zero-order valence-electron chi connectivity index (χ0n) is 13.6. The molecule has 1 N–H and O–H groups in total. The smallest absolute Gasteiger partial charge is 0.416 e. The van der Waals surface area contributed by atoms with Gasteiger partial charge in [0.25, 0.3) is 5.91 Å². The number of fused-ring (bicyclic) bond motifs is 2. The van der Waals surface area contributed by atoms with Gasteiger partial charge < -0.3 is 10.1 Å². The van der Waals surface area contributed by atoms with Gasteiger partial charge >= 0.3 is 12.1 Å². The molecule has 1 saturated carbocycles. The van der Waals surface area contributed by atoms with Crippen molar-refractivity contribution < 1.29 is 27.5 Å². The number of carbonyl (C=O) groups is 2. The highest BCUT2D eigenvalue weighted by Gasteiger charge is 2.75. The molecule has 0 radical (unpaired) electrons. The van der Waals surface area contributed by atoms with Gasteiger partial charge in [-0.25, -0.2) is 0 Å². The van der Waals surface area contributed by atoms with E-state index >= 15 is 0 Å². The molecule has 1 aromatic rings. The first-order valence-electron chi connectivity index (χ1n) is 7.66. The SMILES string of the molecule is CC1(C)[C@]2(C)CC[C@]1(C(=O)Nc1ccc(C(F)(F)F)cc1)OC2=O. The largest absolute Gasteiger partial charge is 0.448 e. The van der Waals surface area contributed by atoms with Crippen LogP contribution in [0.15, 0.2) is 24.3 Å². The van der Waals surface area contributed by atoms with Gasteiger partial charge in [0.05, 0.1) is 11.0 Å². The number of hydrogen-bond acceptors (Lipinski definition) is 3. The van der Waals surface area contributed by atoms with Crippen LogP contribution in [0.3, 0.4) is 0 Å². The van der Waals surface area contributed by atoms with Crippen LogP contribution in [0.4, 0.5) is 18.9 Å². The Morgan fingerprint density at radius 3 is 2.12 bits per heavy atom. The fourth-order valence-corrected chi connectivity index (χ4v) is 3.72. The van der Waals surface area contributed by atoms with Crippen LogP contribution in [-0.2, 0) is 20.5 Å². The van der Waals surface area contributed by atoms with Crippen LogP contribution in [0.5, 0.6) is 0 Å². The van der Waals surface area contributed by atoms with E-state index in [0.29, 0.717) is 12.8 Å². The third kappa shape index (κ3) is 1.99. The number of amides is 1. The molecule has 1 aliphatic heterocycles. The number of rotatable bonds is 2. The van der Waals surface area contributed by atoms with E-state index in [-0.39, 0.29) is 5.69 Å². The molecule has 0 unspecified atom stereocenters. The molecule has 0 aromatic heterocycles. The number of ether oxygens (including phenoxy) is 1. The van der Waals surface area contributed by atoms with Gasteiger partial charge in [-0.1, -0.05) is 13.8 Å². The number of hydrogen-bond donors (Lipinski definition) is 1. The second kappa shape index (κ2) is 4.74. The Bertz CT molecular complexity index is 711. The van der Waals surface area contributed by atoms with Crippen molar-refractivity contribution in [1.82, 2.24) is 0 Å². The Kier molecular flexibility index (Phi) is 3.32. The topological polar surface area (TPSA) is 55.4 Å². The van der Waals surface area contributed by atoms with Crippen molar-refractivity contribution in [2.45, 2.75) is 45.4 Å². The van der Waals surface area contributed by atoms with E-state index in [9.17, 15) is 22.8 Å². The predicted molar refractivity (Wildman–Crippen MR) is 80.0 cm³/mol. The Hall–Kier alpha value is -2.05. The minimum Gasteiger partial charge on any atom is -0.448 e. The molecule has 2 fully saturated rings. The average molecular weight is 341 g/mol. The van der Waals surface area contributed by atoms with Gasteiger partial charge in [-0.15, -0.1) is 0 Å². The normalized spacial score (nSPS) is 31.0. The number of benzene rings is 1. The van der Waals surface area contributed by atoms with Gasteiger partial charge in [0, 0.05) is 11.1 Å². The molecule has 7 heteroatoms. The summed E-state index contributed by atoms with van der Waals surface area (Å²) in [5, 5.41) is 2.59. The molecule has 0 spiro atoms. The first-order valence-corrected chi connectivity index (χ1v) is 7.66. The van der Waals surface area contributed by atoms with Gasteiger partial charge in [0.1, 0.15) is 0 Å². The number of nitrogens with one attached hydrogen (secondary N) is 1. The maximum absolute atomic E-state index is 12.8. The lowest BCUT2D eigenvalue weighted by atomic mass is 9.66. The molecule has 1 aromatic carbocycles. The molecular weight excluding hydrogens is 323 g/mol. The highest BCUT2D eigenvalue weighted by Crippen LogP contribution is 2.65. The fraction of sp³-hybridized carbons (Fsp3) is 0.529. The molecule has 2 aliphatic rings. The Labute approximate surface area is 137 Å². The number of esters is 1. The molecule has 2 atom stereocenters. The summed E-state index contributed by atoms with van der Waals surface area (Å²) >= 11 is 0. The monoisotopic (exact) mass is 341 g/mol. The van der Waals surface area contributed by atoms with E-state index in [1.807, 2.05) is 13.8 Å². The van der Waals surface area contributed by atoms with E-state index in [1.54, 1.807) is 6.92 Å². The highest BCUT2D eigenvalue weighted by molar-refractivity contribution is 6.03. The molecule has 24 heavy (non-hydrogen) atoms. The van der Waals surface area contributed by atoms with E-state index in [2.05, 4.69) is 5.32 Å². The summed E-state index contributed by atoms with van der Waals surface area (Å²) in [5.41, 5.74) is -3.28. The second-order valence-corrected chi connectivity index (χ2v) is 7.20. The van der Waals surface area contributed by atoms with Gasteiger partial charge in [0.15, 0.2) is 5.60 Å². The third-order valence-corrected chi connectivity index (χ3v) is 5.92. The standard InChI is InChI=1S/C17H18F3NO3/c1-14(2)15(3)8-9-16(14,24-13(15)23)12(22)21-11-6-4-10(5-7-11)17(18,19)20/h4-7H,8-9H2,1-3H3,(H,21,22)/t15-,16-/m1/s1. The summed E-state index contributed by atoms with van der Waals surface area (Å²) in [6, 6.07) is 4.18. The van der Waals surface area contributed by atoms with Crippen LogP contribution in [0.25, 0.3) is 0 Å². The summed E-state index contributed by atoms with van der Waals surface area (Å²) in [6.07, 6.45) is -3.49. The average Bonchev–Trinajstić information content (AvgIpc) is 2.77. The van der Waals surface area contributed by atoms with E-state index in [1.165, 1.54) is 12.1 Å². The van der Waals surface area contributed by atoms with E-state index < -0.39 is 40.0 Å². The van der Waals surface area contributed by atoms with Crippen LogP contribution in [0.2, 0.25) is 0 Å². The summed E-state index contributed by atoms with van der Waals surface area (Å²) in [7, 11) is 0. The molecule has 3 rings (SSSR count). The Morgan fingerprint density at radius 1 is 1.12 bits per heavy atom. The molecule has 1 heterocycles. The number of carbonyl (C=O) groups excluding carboxylic acids is 2. The number of anilines is 1. The maximum atomic E-state index is 12.8. The molecule has 130 valence electrons. The second-order valence-electron chi connectivity index (χ2n) is 7.20. The van der Waals surface area contributed by atoms with Crippen molar-refractivity contribution >= 4 is 17.6 Å². The minimum atomic E-state index is -4.43. The summed E-state index contributed by atoms with van der Waals surface area (Å²) in [4.78, 5) is 24.9. The van der Waals surface area contributed by atoms with Crippen molar-refractivity contribution in [2.75, 3.05) is 5.32 Å². The fourth-order valence-electron chi connectivity index (χ4n) is 3.72. The summed E-state index contributed by atoms with van der Waals surface area (Å²) in [5.74, 6) is -0.900.